The fraction of sp³-hybridized carbons (Fsp3) is 0.529. The second-order valence-corrected chi connectivity index (χ2v) is 8.56. The summed E-state index contributed by atoms with van der Waals surface area (Å²) < 4.78 is 24.3. The Morgan fingerprint density at radius 2 is 1.88 bits per heavy atom. The summed E-state index contributed by atoms with van der Waals surface area (Å²) in [6.45, 7) is 2.55. The van der Waals surface area contributed by atoms with Crippen LogP contribution in [0.1, 0.15) is 36.5 Å². The SMILES string of the molecule is CC[C@@]1(C(=O)O)CCCN(C(=O)c2ccc(N(C)S(C)(=O)=O)cc2)C1. The smallest absolute Gasteiger partial charge is 0.311 e. The second-order valence-electron chi connectivity index (χ2n) is 6.55. The van der Waals surface area contributed by atoms with Gasteiger partial charge in [-0.25, -0.2) is 8.42 Å². The Hall–Kier alpha value is -2.09. The van der Waals surface area contributed by atoms with Gasteiger partial charge in [-0.15, -0.1) is 0 Å². The van der Waals surface area contributed by atoms with Crippen molar-refractivity contribution in [2.75, 3.05) is 30.7 Å². The van der Waals surface area contributed by atoms with Crippen molar-refractivity contribution in [3.63, 3.8) is 0 Å². The molecule has 1 saturated heterocycles. The van der Waals surface area contributed by atoms with Crippen molar-refractivity contribution in [1.29, 1.82) is 0 Å². The van der Waals surface area contributed by atoms with E-state index in [-0.39, 0.29) is 12.5 Å². The average molecular weight is 368 g/mol. The Bertz CT molecular complexity index is 760. The molecule has 1 aliphatic rings. The number of hydrogen-bond donors (Lipinski definition) is 1. The first-order chi connectivity index (χ1) is 11.6. The highest BCUT2D eigenvalue weighted by atomic mass is 32.2. The fourth-order valence-electron chi connectivity index (χ4n) is 3.11. The molecule has 1 amide bonds. The van der Waals surface area contributed by atoms with Crippen LogP contribution in [0.3, 0.4) is 0 Å². The maximum absolute atomic E-state index is 12.7. The summed E-state index contributed by atoms with van der Waals surface area (Å²) in [5, 5.41) is 9.53. The molecule has 0 unspecified atom stereocenters. The van der Waals surface area contributed by atoms with Crippen LogP contribution in [0.15, 0.2) is 24.3 Å². The second kappa shape index (κ2) is 7.03. The van der Waals surface area contributed by atoms with Crippen LogP contribution in [0, 0.1) is 5.41 Å². The van der Waals surface area contributed by atoms with Gasteiger partial charge in [0.2, 0.25) is 10.0 Å². The molecule has 0 saturated carbocycles. The molecule has 0 radical (unpaired) electrons. The standard InChI is InChI=1S/C17H24N2O5S/c1-4-17(16(21)22)10-5-11-19(12-17)15(20)13-6-8-14(9-7-13)18(2)25(3,23)24/h6-9H,4-5,10-12H2,1-3H3,(H,21,22)/t17-/m1/s1. The molecule has 1 aromatic rings. The largest absolute Gasteiger partial charge is 0.481 e. The molecule has 25 heavy (non-hydrogen) atoms. The van der Waals surface area contributed by atoms with Crippen molar-refractivity contribution < 1.29 is 23.1 Å². The van der Waals surface area contributed by atoms with Crippen molar-refractivity contribution >= 4 is 27.6 Å². The first-order valence-electron chi connectivity index (χ1n) is 8.17. The summed E-state index contributed by atoms with van der Waals surface area (Å²) in [5.41, 5.74) is -0.00116. The number of sulfonamides is 1. The Labute approximate surface area is 148 Å². The minimum atomic E-state index is -3.37. The van der Waals surface area contributed by atoms with E-state index in [2.05, 4.69) is 0 Å². The fourth-order valence-corrected chi connectivity index (χ4v) is 3.61. The number of nitrogens with zero attached hydrogens (tertiary/aromatic N) is 2. The monoisotopic (exact) mass is 368 g/mol. The number of hydrogen-bond acceptors (Lipinski definition) is 4. The van der Waals surface area contributed by atoms with Crippen molar-refractivity contribution in [2.45, 2.75) is 26.2 Å². The van der Waals surface area contributed by atoms with E-state index in [1.54, 1.807) is 29.2 Å². The molecule has 138 valence electrons. The first kappa shape index (κ1) is 19.2. The van der Waals surface area contributed by atoms with Gasteiger partial charge in [0.15, 0.2) is 0 Å². The highest BCUT2D eigenvalue weighted by molar-refractivity contribution is 7.92. The molecular formula is C17H24N2O5S. The predicted octanol–water partition coefficient (Wildman–Crippen LogP) is 1.80. The summed E-state index contributed by atoms with van der Waals surface area (Å²) >= 11 is 0. The third kappa shape index (κ3) is 3.95. The molecule has 0 aliphatic carbocycles. The van der Waals surface area contributed by atoms with Crippen molar-refractivity contribution in [1.82, 2.24) is 4.90 Å². The van der Waals surface area contributed by atoms with Crippen LogP contribution < -0.4 is 4.31 Å². The van der Waals surface area contributed by atoms with Crippen LogP contribution in [0.5, 0.6) is 0 Å². The van der Waals surface area contributed by atoms with Gasteiger partial charge in [0.25, 0.3) is 5.91 Å². The molecule has 0 spiro atoms. The number of amides is 1. The molecule has 1 atom stereocenters. The van der Waals surface area contributed by atoms with E-state index >= 15 is 0 Å². The Balaban J connectivity index is 2.19. The lowest BCUT2D eigenvalue weighted by Crippen LogP contribution is -2.49. The maximum atomic E-state index is 12.7. The average Bonchev–Trinajstić information content (AvgIpc) is 2.59. The molecule has 8 heteroatoms. The number of piperidine rings is 1. The zero-order valence-corrected chi connectivity index (χ0v) is 15.5. The topological polar surface area (TPSA) is 95.0 Å². The molecule has 1 N–H and O–H groups in total. The van der Waals surface area contributed by atoms with E-state index in [9.17, 15) is 23.1 Å². The summed E-state index contributed by atoms with van der Waals surface area (Å²) in [6, 6.07) is 6.29. The zero-order chi connectivity index (χ0) is 18.8. The van der Waals surface area contributed by atoms with Crippen LogP contribution in [0.2, 0.25) is 0 Å². The molecule has 0 bridgehead atoms. The van der Waals surface area contributed by atoms with Gasteiger partial charge < -0.3 is 10.0 Å². The van der Waals surface area contributed by atoms with Crippen LogP contribution in [0.25, 0.3) is 0 Å². The van der Waals surface area contributed by atoms with Crippen molar-refractivity contribution in [3.8, 4) is 0 Å². The number of carboxylic acids is 1. The number of carbonyl (C=O) groups is 2. The van der Waals surface area contributed by atoms with Gasteiger partial charge >= 0.3 is 5.97 Å². The van der Waals surface area contributed by atoms with E-state index in [1.165, 1.54) is 7.05 Å². The van der Waals surface area contributed by atoms with E-state index in [4.69, 9.17) is 0 Å². The normalized spacial score (nSPS) is 21.0. The third-order valence-electron chi connectivity index (χ3n) is 4.97. The van der Waals surface area contributed by atoms with Crippen molar-refractivity contribution in [3.05, 3.63) is 29.8 Å². The first-order valence-corrected chi connectivity index (χ1v) is 10.0. The molecular weight excluding hydrogens is 344 g/mol. The van der Waals surface area contributed by atoms with Crippen LogP contribution in [-0.2, 0) is 14.8 Å². The maximum Gasteiger partial charge on any atom is 0.311 e. The van der Waals surface area contributed by atoms with Gasteiger partial charge in [0.1, 0.15) is 0 Å². The van der Waals surface area contributed by atoms with E-state index in [0.29, 0.717) is 37.1 Å². The molecule has 1 aliphatic heterocycles. The van der Waals surface area contributed by atoms with E-state index in [0.717, 1.165) is 10.6 Å². The summed E-state index contributed by atoms with van der Waals surface area (Å²) in [6.07, 6.45) is 2.81. The summed E-state index contributed by atoms with van der Waals surface area (Å²) in [5.74, 6) is -1.09. The minimum Gasteiger partial charge on any atom is -0.481 e. The molecule has 2 rings (SSSR count). The van der Waals surface area contributed by atoms with Crippen LogP contribution >= 0.6 is 0 Å². The summed E-state index contributed by atoms with van der Waals surface area (Å²) in [4.78, 5) is 25.9. The highest BCUT2D eigenvalue weighted by Crippen LogP contribution is 2.34. The van der Waals surface area contributed by atoms with E-state index < -0.39 is 21.4 Å². The molecule has 1 fully saturated rings. The number of rotatable bonds is 5. The number of benzene rings is 1. The number of anilines is 1. The van der Waals surface area contributed by atoms with Crippen LogP contribution in [0.4, 0.5) is 5.69 Å². The third-order valence-corrected chi connectivity index (χ3v) is 6.18. The summed E-state index contributed by atoms with van der Waals surface area (Å²) in [7, 11) is -1.92. The number of aliphatic carboxylic acids is 1. The van der Waals surface area contributed by atoms with Gasteiger partial charge in [-0.3, -0.25) is 13.9 Å². The van der Waals surface area contributed by atoms with E-state index in [1.807, 2.05) is 6.92 Å². The predicted molar refractivity (Wildman–Crippen MR) is 95.2 cm³/mol. The lowest BCUT2D eigenvalue weighted by atomic mass is 9.77. The zero-order valence-electron chi connectivity index (χ0n) is 14.7. The number of carboxylic acid groups (broad SMARTS) is 1. The van der Waals surface area contributed by atoms with Crippen LogP contribution in [-0.4, -0.2) is 56.7 Å². The van der Waals surface area contributed by atoms with Gasteiger partial charge in [0.05, 0.1) is 17.4 Å². The van der Waals surface area contributed by atoms with Crippen molar-refractivity contribution in [2.24, 2.45) is 5.41 Å². The minimum absolute atomic E-state index is 0.197. The Kier molecular flexibility index (Phi) is 5.41. The number of carbonyl (C=O) groups excluding carboxylic acids is 1. The van der Waals surface area contributed by atoms with Gasteiger partial charge in [-0.1, -0.05) is 6.92 Å². The lowest BCUT2D eigenvalue weighted by Gasteiger charge is -2.39. The van der Waals surface area contributed by atoms with Gasteiger partial charge in [0, 0.05) is 25.7 Å². The Morgan fingerprint density at radius 1 is 1.28 bits per heavy atom. The van der Waals surface area contributed by atoms with Gasteiger partial charge in [-0.05, 0) is 43.5 Å². The molecule has 7 nitrogen and oxygen atoms in total. The Morgan fingerprint density at radius 3 is 2.36 bits per heavy atom. The molecule has 1 aromatic carbocycles. The lowest BCUT2D eigenvalue weighted by molar-refractivity contribution is -0.152. The molecule has 1 heterocycles. The van der Waals surface area contributed by atoms with Gasteiger partial charge in [-0.2, -0.15) is 0 Å². The molecule has 0 aromatic heterocycles. The number of likely N-dealkylation sites (tertiary alicyclic amines) is 1. The highest BCUT2D eigenvalue weighted by Gasteiger charge is 2.42. The quantitative estimate of drug-likeness (QED) is 0.855.